The molecule has 2 heterocycles. The molecule has 7 rings (SSSR count). The number of benzene rings is 4. The molecule has 0 amide bonds. The average Bonchev–Trinajstić information content (AvgIpc) is 3.33. The first kappa shape index (κ1) is 25.1. The van der Waals surface area contributed by atoms with Crippen LogP contribution in [-0.2, 0) is 6.42 Å². The Hall–Kier alpha value is -4.86. The number of thiazole rings is 1. The first-order chi connectivity index (χ1) is 20.2. The van der Waals surface area contributed by atoms with Gasteiger partial charge >= 0.3 is 0 Å². The molecule has 0 bridgehead atoms. The van der Waals surface area contributed by atoms with Crippen molar-refractivity contribution in [2.75, 3.05) is 13.7 Å². The van der Waals surface area contributed by atoms with Gasteiger partial charge in [-0.05, 0) is 53.0 Å². The van der Waals surface area contributed by atoms with Gasteiger partial charge in [-0.1, -0.05) is 90.1 Å². The van der Waals surface area contributed by atoms with E-state index in [9.17, 15) is 4.79 Å². The maximum Gasteiger partial charge on any atom is 0.271 e. The minimum atomic E-state index is -0.322. The van der Waals surface area contributed by atoms with Crippen LogP contribution in [0.25, 0.3) is 22.5 Å². The molecule has 1 aliphatic carbocycles. The molecule has 5 aromatic rings. The number of hydrogen-bond acceptors (Lipinski definition) is 5. The van der Waals surface area contributed by atoms with Crippen molar-refractivity contribution in [2.24, 2.45) is 4.99 Å². The summed E-state index contributed by atoms with van der Waals surface area (Å²) in [6.45, 7) is 0.139. The molecule has 0 N–H and O–H groups in total. The van der Waals surface area contributed by atoms with E-state index in [1.165, 1.54) is 16.9 Å². The van der Waals surface area contributed by atoms with Gasteiger partial charge in [0.2, 0.25) is 0 Å². The van der Waals surface area contributed by atoms with E-state index in [2.05, 4.69) is 30.2 Å². The minimum absolute atomic E-state index is 0.0918. The minimum Gasteiger partial charge on any atom is -0.496 e. The van der Waals surface area contributed by atoms with Gasteiger partial charge in [0.15, 0.2) is 4.80 Å². The predicted molar refractivity (Wildman–Crippen MR) is 164 cm³/mol. The van der Waals surface area contributed by atoms with Crippen molar-refractivity contribution in [3.05, 3.63) is 132 Å². The smallest absolute Gasteiger partial charge is 0.271 e. The number of fused-ring (bicyclic) bond motifs is 4. The normalized spacial score (nSPS) is 15.9. The second-order valence-corrected chi connectivity index (χ2v) is 11.1. The molecule has 0 saturated heterocycles. The molecular weight excluding hydrogens is 528 g/mol. The van der Waals surface area contributed by atoms with Crippen LogP contribution in [0.1, 0.15) is 34.7 Å². The van der Waals surface area contributed by atoms with E-state index in [1.54, 1.807) is 7.11 Å². The van der Waals surface area contributed by atoms with Gasteiger partial charge in [0.1, 0.15) is 18.1 Å². The Bertz CT molecular complexity index is 2090. The molecule has 2 aliphatic rings. The summed E-state index contributed by atoms with van der Waals surface area (Å²) in [4.78, 5) is 20.1. The number of rotatable bonds is 5. The Kier molecular flexibility index (Phi) is 6.30. The lowest BCUT2D eigenvalue weighted by molar-refractivity contribution is 0.370. The number of aromatic nitrogens is 1. The first-order valence-corrected chi connectivity index (χ1v) is 14.3. The van der Waals surface area contributed by atoms with Crippen molar-refractivity contribution in [3.8, 4) is 23.8 Å². The molecule has 0 saturated carbocycles. The third-order valence-corrected chi connectivity index (χ3v) is 8.81. The number of nitrogens with zero attached hydrogens (tertiary/aromatic N) is 2. The van der Waals surface area contributed by atoms with Crippen LogP contribution in [-0.4, -0.2) is 18.3 Å². The molecule has 4 aromatic carbocycles. The van der Waals surface area contributed by atoms with Gasteiger partial charge in [0, 0.05) is 16.7 Å². The first-order valence-electron chi connectivity index (χ1n) is 13.5. The lowest BCUT2D eigenvalue weighted by atomic mass is 9.83. The predicted octanol–water partition coefficient (Wildman–Crippen LogP) is 5.49. The third kappa shape index (κ3) is 4.18. The molecule has 0 spiro atoms. The van der Waals surface area contributed by atoms with Gasteiger partial charge in [-0.15, -0.1) is 6.42 Å². The topological polar surface area (TPSA) is 52.8 Å². The fraction of sp³-hybridized carbons (Fsp3) is 0.143. The van der Waals surface area contributed by atoms with Crippen molar-refractivity contribution < 1.29 is 9.47 Å². The molecule has 1 aliphatic heterocycles. The zero-order valence-corrected chi connectivity index (χ0v) is 23.3. The van der Waals surface area contributed by atoms with E-state index in [1.807, 2.05) is 71.3 Å². The molecule has 200 valence electrons. The molecule has 1 aromatic heterocycles. The quantitative estimate of drug-likeness (QED) is 0.270. The number of para-hydroxylation sites is 1. The summed E-state index contributed by atoms with van der Waals surface area (Å²) >= 11 is 1.40. The van der Waals surface area contributed by atoms with Crippen molar-refractivity contribution in [3.63, 3.8) is 0 Å². The standard InChI is InChI=1S/C35H26N2O3S/c1-3-20-40-30-19-17-22-10-4-6-12-24(22)28(30)21-31-34(38)37-33(26-14-8-9-15-29(26)39-2)27-18-16-23-11-5-7-13-25(23)32(27)36-35(37)41-31/h1,4-15,17,19,21,33H,16,18,20H2,2H3/t33-/m1/s1. The fourth-order valence-electron chi connectivity index (χ4n) is 5.99. The maximum atomic E-state index is 14.3. The second-order valence-electron chi connectivity index (χ2n) is 10.0. The molecule has 41 heavy (non-hydrogen) atoms. The molecular formula is C35H26N2O3S. The van der Waals surface area contributed by atoms with E-state index in [-0.39, 0.29) is 18.2 Å². The largest absolute Gasteiger partial charge is 0.496 e. The van der Waals surface area contributed by atoms with E-state index in [0.717, 1.165) is 57.3 Å². The van der Waals surface area contributed by atoms with Crippen LogP contribution < -0.4 is 24.4 Å². The summed E-state index contributed by atoms with van der Waals surface area (Å²) in [5, 5.41) is 2.04. The van der Waals surface area contributed by atoms with Crippen LogP contribution in [0, 0.1) is 12.3 Å². The Balaban J connectivity index is 1.52. The van der Waals surface area contributed by atoms with Crippen LogP contribution in [0.15, 0.2) is 100 Å². The molecule has 1 atom stereocenters. The highest BCUT2D eigenvalue weighted by Crippen LogP contribution is 2.43. The van der Waals surface area contributed by atoms with Gasteiger partial charge in [-0.2, -0.15) is 0 Å². The summed E-state index contributed by atoms with van der Waals surface area (Å²) in [5.74, 6) is 3.94. The molecule has 0 radical (unpaired) electrons. The molecule has 5 nitrogen and oxygen atoms in total. The van der Waals surface area contributed by atoms with E-state index in [4.69, 9.17) is 20.9 Å². The summed E-state index contributed by atoms with van der Waals surface area (Å²) in [6.07, 6.45) is 9.14. The van der Waals surface area contributed by atoms with Gasteiger partial charge < -0.3 is 9.47 Å². The van der Waals surface area contributed by atoms with Crippen LogP contribution >= 0.6 is 11.3 Å². The van der Waals surface area contributed by atoms with Crippen LogP contribution in [0.2, 0.25) is 0 Å². The van der Waals surface area contributed by atoms with Crippen LogP contribution in [0.3, 0.4) is 0 Å². The fourth-order valence-corrected chi connectivity index (χ4v) is 6.97. The zero-order valence-electron chi connectivity index (χ0n) is 22.5. The number of terminal acetylenes is 1. The monoisotopic (exact) mass is 554 g/mol. The Morgan fingerprint density at radius 1 is 1.00 bits per heavy atom. The average molecular weight is 555 g/mol. The van der Waals surface area contributed by atoms with Crippen molar-refractivity contribution in [1.29, 1.82) is 0 Å². The third-order valence-electron chi connectivity index (χ3n) is 7.82. The highest BCUT2D eigenvalue weighted by atomic mass is 32.1. The summed E-state index contributed by atoms with van der Waals surface area (Å²) in [6, 6.07) is 28.0. The van der Waals surface area contributed by atoms with E-state index < -0.39 is 0 Å². The van der Waals surface area contributed by atoms with Crippen molar-refractivity contribution in [1.82, 2.24) is 4.57 Å². The summed E-state index contributed by atoms with van der Waals surface area (Å²) in [7, 11) is 1.67. The van der Waals surface area contributed by atoms with Crippen LogP contribution in [0.5, 0.6) is 11.5 Å². The van der Waals surface area contributed by atoms with Gasteiger partial charge in [0.05, 0.1) is 23.4 Å². The van der Waals surface area contributed by atoms with E-state index >= 15 is 0 Å². The highest BCUT2D eigenvalue weighted by molar-refractivity contribution is 7.07. The SMILES string of the molecule is C#CCOc1ccc2ccccc2c1C=c1sc2n(c1=O)[C@H](c1ccccc1OC)C1=C(N=2)c2ccccc2CC1. The van der Waals surface area contributed by atoms with Gasteiger partial charge in [-0.3, -0.25) is 9.36 Å². The van der Waals surface area contributed by atoms with E-state index in [0.29, 0.717) is 15.1 Å². The summed E-state index contributed by atoms with van der Waals surface area (Å²) < 4.78 is 14.2. The number of aryl methyl sites for hydroxylation is 1. The van der Waals surface area contributed by atoms with Crippen molar-refractivity contribution >= 4 is 33.9 Å². The maximum absolute atomic E-state index is 14.3. The molecule has 0 unspecified atom stereocenters. The second kappa shape index (κ2) is 10.3. The lowest BCUT2D eigenvalue weighted by Gasteiger charge is -2.31. The van der Waals surface area contributed by atoms with Gasteiger partial charge in [0.25, 0.3) is 5.56 Å². The number of hydrogen-bond donors (Lipinski definition) is 0. The van der Waals surface area contributed by atoms with Crippen molar-refractivity contribution in [2.45, 2.75) is 18.9 Å². The number of ether oxygens (including phenoxy) is 2. The molecule has 6 heteroatoms. The van der Waals surface area contributed by atoms with Crippen LogP contribution in [0.4, 0.5) is 0 Å². The van der Waals surface area contributed by atoms with Gasteiger partial charge in [-0.25, -0.2) is 4.99 Å². The Labute approximate surface area is 241 Å². The zero-order chi connectivity index (χ0) is 27.9. The number of methoxy groups -OCH3 is 1. The Morgan fingerprint density at radius 2 is 1.80 bits per heavy atom. The number of allylic oxidation sites excluding steroid dienone is 1. The summed E-state index contributed by atoms with van der Waals surface area (Å²) in [5.41, 5.74) is 6.18. The molecule has 0 fully saturated rings. The lowest BCUT2D eigenvalue weighted by Crippen LogP contribution is -2.39. The Morgan fingerprint density at radius 3 is 2.68 bits per heavy atom. The highest BCUT2D eigenvalue weighted by Gasteiger charge is 2.34.